The first-order chi connectivity index (χ1) is 8.67. The fraction of sp³-hybridized carbons (Fsp3) is 0.625. The summed E-state index contributed by atoms with van der Waals surface area (Å²) in [5.74, 6) is 0.0837. The smallest absolute Gasteiger partial charge is 0.127 e. The van der Waals surface area contributed by atoms with E-state index >= 15 is 0 Å². The highest BCUT2D eigenvalue weighted by Gasteiger charge is 2.19. The molecular formula is C16H24ClFO. The highest BCUT2D eigenvalue weighted by molar-refractivity contribution is 6.30. The summed E-state index contributed by atoms with van der Waals surface area (Å²) in [6.45, 7) is 8.70. The van der Waals surface area contributed by atoms with Crippen molar-refractivity contribution >= 4 is 11.6 Å². The molecule has 2 atom stereocenters. The molecule has 3 heteroatoms. The van der Waals surface area contributed by atoms with E-state index in [9.17, 15) is 9.50 Å². The zero-order chi connectivity index (χ0) is 14.6. The van der Waals surface area contributed by atoms with E-state index in [4.69, 9.17) is 11.6 Å². The van der Waals surface area contributed by atoms with Crippen LogP contribution in [0.1, 0.15) is 46.1 Å². The number of aliphatic hydroxyl groups is 1. The molecule has 2 unspecified atom stereocenters. The van der Waals surface area contributed by atoms with Gasteiger partial charge in [0, 0.05) is 11.4 Å². The molecule has 1 aromatic carbocycles. The van der Waals surface area contributed by atoms with E-state index in [1.165, 1.54) is 6.07 Å². The molecule has 1 rings (SSSR count). The molecule has 0 heterocycles. The molecule has 0 aliphatic carbocycles. The zero-order valence-corrected chi connectivity index (χ0v) is 13.0. The maximum atomic E-state index is 13.6. The van der Waals surface area contributed by atoms with Crippen LogP contribution in [0.25, 0.3) is 0 Å². The van der Waals surface area contributed by atoms with Crippen LogP contribution in [0.3, 0.4) is 0 Å². The first-order valence-corrected chi connectivity index (χ1v) is 7.17. The van der Waals surface area contributed by atoms with Crippen molar-refractivity contribution < 1.29 is 9.50 Å². The topological polar surface area (TPSA) is 20.2 Å². The summed E-state index contributed by atoms with van der Waals surface area (Å²) in [5.41, 5.74) is 0.782. The SMILES string of the molecule is CC(CC(O)Cc1ccc(Cl)cc1F)CC(C)(C)C. The molecule has 1 N–H and O–H groups in total. The van der Waals surface area contributed by atoms with Crippen LogP contribution in [-0.2, 0) is 6.42 Å². The van der Waals surface area contributed by atoms with Crippen molar-refractivity contribution in [3.05, 3.63) is 34.6 Å². The van der Waals surface area contributed by atoms with Gasteiger partial charge < -0.3 is 5.11 Å². The van der Waals surface area contributed by atoms with Gasteiger partial charge >= 0.3 is 0 Å². The maximum absolute atomic E-state index is 13.6. The van der Waals surface area contributed by atoms with Crippen LogP contribution in [0.5, 0.6) is 0 Å². The second-order valence-corrected chi connectivity index (χ2v) is 7.14. The van der Waals surface area contributed by atoms with Crippen molar-refractivity contribution in [1.29, 1.82) is 0 Å². The Hall–Kier alpha value is -0.600. The third kappa shape index (κ3) is 6.40. The molecule has 0 amide bonds. The van der Waals surface area contributed by atoms with Crippen molar-refractivity contribution in [2.45, 2.75) is 53.1 Å². The van der Waals surface area contributed by atoms with Gasteiger partial charge in [0.15, 0.2) is 0 Å². The molecule has 1 aromatic rings. The quantitative estimate of drug-likeness (QED) is 0.821. The lowest BCUT2D eigenvalue weighted by molar-refractivity contribution is 0.132. The molecule has 0 saturated carbocycles. The molecule has 0 fully saturated rings. The summed E-state index contributed by atoms with van der Waals surface area (Å²) in [5, 5.41) is 10.4. The summed E-state index contributed by atoms with van der Waals surface area (Å²) in [7, 11) is 0. The van der Waals surface area contributed by atoms with Gasteiger partial charge in [0.2, 0.25) is 0 Å². The number of hydrogen-bond acceptors (Lipinski definition) is 1. The van der Waals surface area contributed by atoms with Gasteiger partial charge in [0.1, 0.15) is 5.82 Å². The minimum atomic E-state index is -0.506. The summed E-state index contributed by atoms with van der Waals surface area (Å²) < 4.78 is 13.6. The molecule has 0 spiro atoms. The van der Waals surface area contributed by atoms with E-state index in [-0.39, 0.29) is 11.2 Å². The molecule has 0 aliphatic heterocycles. The van der Waals surface area contributed by atoms with E-state index in [0.29, 0.717) is 29.3 Å². The van der Waals surface area contributed by atoms with Gasteiger partial charge in [-0.2, -0.15) is 0 Å². The Balaban J connectivity index is 2.53. The van der Waals surface area contributed by atoms with E-state index in [1.807, 2.05) is 0 Å². The van der Waals surface area contributed by atoms with Gasteiger partial charge in [-0.15, -0.1) is 0 Å². The van der Waals surface area contributed by atoms with Gasteiger partial charge in [-0.25, -0.2) is 4.39 Å². The van der Waals surface area contributed by atoms with E-state index in [2.05, 4.69) is 27.7 Å². The lowest BCUT2D eigenvalue weighted by Gasteiger charge is -2.25. The van der Waals surface area contributed by atoms with Crippen LogP contribution in [0.2, 0.25) is 5.02 Å². The Kier molecular flexibility index (Phi) is 5.82. The molecule has 0 aromatic heterocycles. The molecule has 0 radical (unpaired) electrons. The first kappa shape index (κ1) is 16.5. The third-order valence-corrected chi connectivity index (χ3v) is 3.34. The van der Waals surface area contributed by atoms with Gasteiger partial charge in [-0.3, -0.25) is 0 Å². The molecule has 0 aliphatic rings. The number of benzene rings is 1. The van der Waals surface area contributed by atoms with Gasteiger partial charge in [-0.1, -0.05) is 45.4 Å². The van der Waals surface area contributed by atoms with Crippen LogP contribution in [0, 0.1) is 17.2 Å². The summed E-state index contributed by atoms with van der Waals surface area (Å²) in [6, 6.07) is 4.60. The van der Waals surface area contributed by atoms with Crippen LogP contribution in [0.4, 0.5) is 4.39 Å². The summed E-state index contributed by atoms with van der Waals surface area (Å²) >= 11 is 5.71. The molecule has 1 nitrogen and oxygen atoms in total. The Labute approximate surface area is 120 Å². The molecular weight excluding hydrogens is 263 g/mol. The predicted molar refractivity (Wildman–Crippen MR) is 79.0 cm³/mol. The fourth-order valence-corrected chi connectivity index (χ4v) is 2.78. The van der Waals surface area contributed by atoms with E-state index < -0.39 is 6.10 Å². The monoisotopic (exact) mass is 286 g/mol. The van der Waals surface area contributed by atoms with Gasteiger partial charge in [-0.05, 0) is 41.9 Å². The van der Waals surface area contributed by atoms with Crippen molar-refractivity contribution in [3.8, 4) is 0 Å². The highest BCUT2D eigenvalue weighted by Crippen LogP contribution is 2.27. The van der Waals surface area contributed by atoms with Crippen LogP contribution >= 0.6 is 11.6 Å². The van der Waals surface area contributed by atoms with Crippen molar-refractivity contribution in [1.82, 2.24) is 0 Å². The van der Waals surface area contributed by atoms with Crippen molar-refractivity contribution in [3.63, 3.8) is 0 Å². The Bertz CT molecular complexity index is 412. The fourth-order valence-electron chi connectivity index (χ4n) is 2.62. The van der Waals surface area contributed by atoms with E-state index in [0.717, 1.165) is 6.42 Å². The van der Waals surface area contributed by atoms with Crippen LogP contribution < -0.4 is 0 Å². The normalized spacial score (nSPS) is 15.3. The lowest BCUT2D eigenvalue weighted by atomic mass is 9.82. The third-order valence-electron chi connectivity index (χ3n) is 3.11. The second kappa shape index (κ2) is 6.71. The Morgan fingerprint density at radius 2 is 1.95 bits per heavy atom. The first-order valence-electron chi connectivity index (χ1n) is 6.79. The molecule has 0 saturated heterocycles. The minimum Gasteiger partial charge on any atom is -0.393 e. The number of halogens is 2. The maximum Gasteiger partial charge on any atom is 0.127 e. The lowest BCUT2D eigenvalue weighted by Crippen LogP contribution is -2.19. The van der Waals surface area contributed by atoms with Crippen molar-refractivity contribution in [2.75, 3.05) is 0 Å². The average Bonchev–Trinajstić information content (AvgIpc) is 2.19. The number of rotatable bonds is 5. The Morgan fingerprint density at radius 1 is 1.32 bits per heavy atom. The second-order valence-electron chi connectivity index (χ2n) is 6.70. The highest BCUT2D eigenvalue weighted by atomic mass is 35.5. The summed E-state index contributed by atoms with van der Waals surface area (Å²) in [6.07, 6.45) is 1.58. The summed E-state index contributed by atoms with van der Waals surface area (Å²) in [4.78, 5) is 0. The predicted octanol–water partition coefficient (Wildman–Crippen LogP) is 4.84. The average molecular weight is 287 g/mol. The van der Waals surface area contributed by atoms with E-state index in [1.54, 1.807) is 12.1 Å². The largest absolute Gasteiger partial charge is 0.393 e. The molecule has 108 valence electrons. The standard InChI is InChI=1S/C16H24ClFO/c1-11(10-16(2,3)4)7-14(19)8-12-5-6-13(17)9-15(12)18/h5-6,9,11,14,19H,7-8,10H2,1-4H3. The van der Waals surface area contributed by atoms with Gasteiger partial charge in [0.25, 0.3) is 0 Å². The zero-order valence-electron chi connectivity index (χ0n) is 12.2. The molecule has 0 bridgehead atoms. The van der Waals surface area contributed by atoms with Gasteiger partial charge in [0.05, 0.1) is 6.10 Å². The molecule has 19 heavy (non-hydrogen) atoms. The van der Waals surface area contributed by atoms with Crippen LogP contribution in [0.15, 0.2) is 18.2 Å². The van der Waals surface area contributed by atoms with Crippen molar-refractivity contribution in [2.24, 2.45) is 11.3 Å². The minimum absolute atomic E-state index is 0.255. The number of aliphatic hydroxyl groups excluding tert-OH is 1. The van der Waals surface area contributed by atoms with Crippen LogP contribution in [-0.4, -0.2) is 11.2 Å². The Morgan fingerprint density at radius 3 is 2.47 bits per heavy atom. The number of hydrogen-bond donors (Lipinski definition) is 1.